The van der Waals surface area contributed by atoms with Crippen LogP contribution < -0.4 is 0 Å². The Morgan fingerprint density at radius 1 is 1.11 bits per heavy atom. The number of rotatable bonds is 9. The van der Waals surface area contributed by atoms with E-state index < -0.39 is 0 Å². The van der Waals surface area contributed by atoms with Crippen LogP contribution in [0.1, 0.15) is 64.7 Å². The maximum absolute atomic E-state index is 9.10. The fourth-order valence-electron chi connectivity index (χ4n) is 4.00. The van der Waals surface area contributed by atoms with E-state index in [9.17, 15) is 0 Å². The largest absolute Gasteiger partial charge is 0.396 e. The number of hydrogen-bond donors (Lipinski definition) is 2. The molecule has 0 heterocycles. The van der Waals surface area contributed by atoms with E-state index in [2.05, 4.69) is 6.92 Å². The van der Waals surface area contributed by atoms with Gasteiger partial charge in [0.05, 0.1) is 0 Å². The lowest BCUT2D eigenvalue weighted by Gasteiger charge is -2.15. The molecule has 0 aromatic heterocycles. The van der Waals surface area contributed by atoms with Crippen LogP contribution in [0, 0.1) is 17.8 Å². The number of hydrogen-bond acceptors (Lipinski definition) is 2. The summed E-state index contributed by atoms with van der Waals surface area (Å²) in [6.45, 7) is 2.92. The average molecular weight is 266 g/mol. The Kier molecular flexibility index (Phi) is 5.90. The van der Waals surface area contributed by atoms with Crippen molar-refractivity contribution in [1.82, 2.24) is 0 Å². The van der Waals surface area contributed by atoms with Crippen LogP contribution in [-0.2, 0) is 0 Å². The predicted molar refractivity (Wildman–Crippen MR) is 78.9 cm³/mol. The third-order valence-electron chi connectivity index (χ3n) is 5.01. The first kappa shape index (κ1) is 15.1. The Morgan fingerprint density at radius 3 is 2.58 bits per heavy atom. The summed E-state index contributed by atoms with van der Waals surface area (Å²) in [6.07, 6.45) is 10.8. The second-order valence-electron chi connectivity index (χ2n) is 6.37. The van der Waals surface area contributed by atoms with Gasteiger partial charge in [-0.05, 0) is 62.7 Å². The van der Waals surface area contributed by atoms with Crippen molar-refractivity contribution in [1.29, 1.82) is 0 Å². The molecule has 110 valence electrons. The Morgan fingerprint density at radius 2 is 1.89 bits per heavy atom. The maximum Gasteiger partial charge on any atom is 0.0434 e. The predicted octanol–water partition coefficient (Wildman–Crippen LogP) is 3.67. The highest BCUT2D eigenvalue weighted by molar-refractivity contribution is 5.29. The summed E-state index contributed by atoms with van der Waals surface area (Å²) in [5.41, 5.74) is 3.43. The molecule has 3 unspecified atom stereocenters. The first-order valence-electron chi connectivity index (χ1n) is 8.25. The Labute approximate surface area is 117 Å². The van der Waals surface area contributed by atoms with Gasteiger partial charge in [0, 0.05) is 13.2 Å². The lowest BCUT2D eigenvalue weighted by molar-refractivity contribution is 0.271. The third-order valence-corrected chi connectivity index (χ3v) is 5.01. The minimum Gasteiger partial charge on any atom is -0.396 e. The molecule has 1 fully saturated rings. The summed E-state index contributed by atoms with van der Waals surface area (Å²) in [5, 5.41) is 18.1. The van der Waals surface area contributed by atoms with E-state index in [0.29, 0.717) is 19.1 Å². The van der Waals surface area contributed by atoms with Crippen LogP contribution in [0.15, 0.2) is 11.1 Å². The summed E-state index contributed by atoms with van der Waals surface area (Å²) in [7, 11) is 0. The van der Waals surface area contributed by atoms with Gasteiger partial charge in [-0.15, -0.1) is 0 Å². The summed E-state index contributed by atoms with van der Waals surface area (Å²) in [5.74, 6) is 2.55. The van der Waals surface area contributed by atoms with Crippen molar-refractivity contribution in [2.75, 3.05) is 13.2 Å². The van der Waals surface area contributed by atoms with E-state index in [1.807, 2.05) is 0 Å². The summed E-state index contributed by atoms with van der Waals surface area (Å²) >= 11 is 0. The quantitative estimate of drug-likeness (QED) is 0.625. The van der Waals surface area contributed by atoms with E-state index in [1.165, 1.54) is 32.1 Å². The van der Waals surface area contributed by atoms with E-state index in [4.69, 9.17) is 10.2 Å². The first-order chi connectivity index (χ1) is 9.31. The van der Waals surface area contributed by atoms with Gasteiger partial charge in [0.25, 0.3) is 0 Å². The Hall–Kier alpha value is -0.340. The van der Waals surface area contributed by atoms with E-state index in [1.54, 1.807) is 11.1 Å². The van der Waals surface area contributed by atoms with E-state index >= 15 is 0 Å². The molecule has 1 saturated carbocycles. The number of aliphatic hydroxyl groups is 2. The van der Waals surface area contributed by atoms with Crippen molar-refractivity contribution < 1.29 is 10.2 Å². The van der Waals surface area contributed by atoms with Gasteiger partial charge < -0.3 is 10.2 Å². The molecule has 2 N–H and O–H groups in total. The minimum atomic E-state index is 0.312. The molecule has 2 aliphatic rings. The molecule has 2 nitrogen and oxygen atoms in total. The van der Waals surface area contributed by atoms with Gasteiger partial charge in [-0.3, -0.25) is 0 Å². The molecule has 0 amide bonds. The van der Waals surface area contributed by atoms with Crippen LogP contribution in [0.2, 0.25) is 0 Å². The summed E-state index contributed by atoms with van der Waals surface area (Å²) in [6, 6.07) is 0. The highest BCUT2D eigenvalue weighted by atomic mass is 16.3. The van der Waals surface area contributed by atoms with Gasteiger partial charge >= 0.3 is 0 Å². The van der Waals surface area contributed by atoms with Gasteiger partial charge in [0.1, 0.15) is 0 Å². The minimum absolute atomic E-state index is 0.312. The van der Waals surface area contributed by atoms with Gasteiger partial charge in [0.15, 0.2) is 0 Å². The fraction of sp³-hybridized carbons (Fsp3) is 0.882. The van der Waals surface area contributed by atoms with Crippen molar-refractivity contribution in [2.24, 2.45) is 17.8 Å². The highest BCUT2D eigenvalue weighted by Crippen LogP contribution is 2.54. The van der Waals surface area contributed by atoms with E-state index in [-0.39, 0.29) is 0 Å². The topological polar surface area (TPSA) is 40.5 Å². The standard InChI is InChI=1S/C17H30O2/c1-2-5-14-12-17(14)16-9-8-13(6-3-10-18)15(16)7-4-11-19/h13-14,17-19H,2-12H2,1H3. The van der Waals surface area contributed by atoms with Crippen molar-refractivity contribution in [2.45, 2.75) is 64.7 Å². The highest BCUT2D eigenvalue weighted by Gasteiger charge is 2.42. The SMILES string of the molecule is CCCC1CC1C1=C(CCCO)C(CCCO)CC1. The van der Waals surface area contributed by atoms with Crippen LogP contribution >= 0.6 is 0 Å². The van der Waals surface area contributed by atoms with Crippen molar-refractivity contribution in [3.05, 3.63) is 11.1 Å². The normalized spacial score (nSPS) is 30.2. The van der Waals surface area contributed by atoms with Crippen molar-refractivity contribution >= 4 is 0 Å². The fourth-order valence-corrected chi connectivity index (χ4v) is 4.00. The second-order valence-corrected chi connectivity index (χ2v) is 6.37. The number of allylic oxidation sites excluding steroid dienone is 2. The second kappa shape index (κ2) is 7.44. The zero-order chi connectivity index (χ0) is 13.7. The van der Waals surface area contributed by atoms with Crippen LogP contribution in [0.3, 0.4) is 0 Å². The number of aliphatic hydroxyl groups excluding tert-OH is 2. The maximum atomic E-state index is 9.10. The molecule has 0 aliphatic heterocycles. The molecule has 2 rings (SSSR count). The zero-order valence-electron chi connectivity index (χ0n) is 12.4. The zero-order valence-corrected chi connectivity index (χ0v) is 12.4. The molecule has 0 spiro atoms. The molecule has 0 aromatic rings. The van der Waals surface area contributed by atoms with Gasteiger partial charge in [-0.2, -0.15) is 0 Å². The molecule has 0 saturated heterocycles. The summed E-state index contributed by atoms with van der Waals surface area (Å²) in [4.78, 5) is 0. The molecular formula is C17H30O2. The average Bonchev–Trinajstić information content (AvgIpc) is 3.06. The van der Waals surface area contributed by atoms with Gasteiger partial charge in [0.2, 0.25) is 0 Å². The first-order valence-corrected chi connectivity index (χ1v) is 8.25. The molecule has 3 atom stereocenters. The molecular weight excluding hydrogens is 236 g/mol. The summed E-state index contributed by atoms with van der Waals surface area (Å²) < 4.78 is 0. The van der Waals surface area contributed by atoms with Gasteiger partial charge in [-0.25, -0.2) is 0 Å². The molecule has 0 aromatic carbocycles. The van der Waals surface area contributed by atoms with Crippen LogP contribution in [0.5, 0.6) is 0 Å². The molecule has 2 heteroatoms. The Balaban J connectivity index is 1.98. The monoisotopic (exact) mass is 266 g/mol. The lowest BCUT2D eigenvalue weighted by atomic mass is 9.91. The van der Waals surface area contributed by atoms with Gasteiger partial charge in [-0.1, -0.05) is 30.9 Å². The van der Waals surface area contributed by atoms with E-state index in [0.717, 1.165) is 37.5 Å². The molecule has 2 aliphatic carbocycles. The van der Waals surface area contributed by atoms with Crippen LogP contribution in [-0.4, -0.2) is 23.4 Å². The lowest BCUT2D eigenvalue weighted by Crippen LogP contribution is -2.03. The Bertz CT molecular complexity index is 308. The van der Waals surface area contributed by atoms with Crippen molar-refractivity contribution in [3.63, 3.8) is 0 Å². The molecule has 19 heavy (non-hydrogen) atoms. The smallest absolute Gasteiger partial charge is 0.0434 e. The van der Waals surface area contributed by atoms with Crippen molar-refractivity contribution in [3.8, 4) is 0 Å². The van der Waals surface area contributed by atoms with Crippen LogP contribution in [0.4, 0.5) is 0 Å². The van der Waals surface area contributed by atoms with Crippen LogP contribution in [0.25, 0.3) is 0 Å². The third kappa shape index (κ3) is 3.82. The molecule has 0 bridgehead atoms. The molecule has 0 radical (unpaired) electrons.